The minimum atomic E-state index is -0.349. The largest absolute Gasteiger partial charge is 0.268 e. The van der Waals surface area contributed by atoms with E-state index >= 15 is 0 Å². The van der Waals surface area contributed by atoms with Crippen LogP contribution in [0, 0.1) is 0 Å². The van der Waals surface area contributed by atoms with E-state index in [1.54, 1.807) is 30.3 Å². The number of imide groups is 1. The Labute approximate surface area is 136 Å². The predicted molar refractivity (Wildman–Crippen MR) is 88.9 cm³/mol. The van der Waals surface area contributed by atoms with E-state index in [4.69, 9.17) is 0 Å². The average molecular weight is 321 g/mol. The Kier molecular flexibility index (Phi) is 3.12. The van der Waals surface area contributed by atoms with Crippen LogP contribution >= 0.6 is 11.8 Å². The van der Waals surface area contributed by atoms with Crippen LogP contribution in [-0.2, 0) is 0 Å². The fourth-order valence-corrected chi connectivity index (χ4v) is 2.99. The Morgan fingerprint density at radius 3 is 2.17 bits per heavy atom. The van der Waals surface area contributed by atoms with Crippen LogP contribution in [-0.4, -0.2) is 28.0 Å². The topological polar surface area (TPSA) is 63.2 Å². The SMILES string of the molecule is CSc1ccc2ccc(N3C(=O)c4ccccc4C3=O)nc2n1. The number of pyridine rings is 2. The van der Waals surface area contributed by atoms with Crippen molar-refractivity contribution < 1.29 is 9.59 Å². The molecule has 0 saturated heterocycles. The van der Waals surface area contributed by atoms with Gasteiger partial charge in [-0.1, -0.05) is 12.1 Å². The highest BCUT2D eigenvalue weighted by Gasteiger charge is 2.37. The van der Waals surface area contributed by atoms with Gasteiger partial charge in [0.15, 0.2) is 5.65 Å². The molecule has 112 valence electrons. The average Bonchev–Trinajstić information content (AvgIpc) is 2.85. The van der Waals surface area contributed by atoms with Crippen LogP contribution in [0.25, 0.3) is 11.0 Å². The molecule has 4 rings (SSSR count). The molecule has 0 atom stereocenters. The Morgan fingerprint density at radius 1 is 0.870 bits per heavy atom. The van der Waals surface area contributed by atoms with E-state index in [-0.39, 0.29) is 11.8 Å². The van der Waals surface area contributed by atoms with E-state index in [0.717, 1.165) is 15.3 Å². The number of hydrogen-bond acceptors (Lipinski definition) is 5. The van der Waals surface area contributed by atoms with Crippen molar-refractivity contribution in [1.82, 2.24) is 9.97 Å². The zero-order valence-electron chi connectivity index (χ0n) is 12.2. The van der Waals surface area contributed by atoms with Crippen molar-refractivity contribution in [2.24, 2.45) is 0 Å². The number of benzene rings is 1. The molecule has 0 unspecified atom stereocenters. The van der Waals surface area contributed by atoms with Crippen molar-refractivity contribution in [1.29, 1.82) is 0 Å². The first-order chi connectivity index (χ1) is 11.2. The molecule has 3 heterocycles. The Balaban J connectivity index is 1.84. The lowest BCUT2D eigenvalue weighted by Crippen LogP contribution is -2.30. The molecular weight excluding hydrogens is 310 g/mol. The zero-order valence-corrected chi connectivity index (χ0v) is 13.0. The van der Waals surface area contributed by atoms with Gasteiger partial charge in [-0.2, -0.15) is 0 Å². The van der Waals surface area contributed by atoms with Crippen molar-refractivity contribution in [3.63, 3.8) is 0 Å². The molecule has 0 aliphatic carbocycles. The summed E-state index contributed by atoms with van der Waals surface area (Å²) in [5.41, 5.74) is 1.33. The smallest absolute Gasteiger partial charge is 0.267 e. The number of carbonyl (C=O) groups is 2. The van der Waals surface area contributed by atoms with Gasteiger partial charge in [0.25, 0.3) is 11.8 Å². The van der Waals surface area contributed by atoms with E-state index in [9.17, 15) is 9.59 Å². The number of thioether (sulfide) groups is 1. The molecule has 1 aliphatic heterocycles. The molecule has 0 radical (unpaired) electrons. The van der Waals surface area contributed by atoms with E-state index in [1.165, 1.54) is 11.8 Å². The summed E-state index contributed by atoms with van der Waals surface area (Å²) in [4.78, 5) is 35.0. The van der Waals surface area contributed by atoms with Gasteiger partial charge in [0, 0.05) is 5.39 Å². The molecule has 0 spiro atoms. The maximum absolute atomic E-state index is 12.5. The van der Waals surface area contributed by atoms with E-state index < -0.39 is 0 Å². The molecule has 0 N–H and O–H groups in total. The number of rotatable bonds is 2. The van der Waals surface area contributed by atoms with Gasteiger partial charge in [0.2, 0.25) is 0 Å². The molecule has 0 bridgehead atoms. The second-order valence-corrected chi connectivity index (χ2v) is 5.89. The number of aromatic nitrogens is 2. The molecule has 23 heavy (non-hydrogen) atoms. The molecule has 5 nitrogen and oxygen atoms in total. The number of carbonyl (C=O) groups excluding carboxylic acids is 2. The van der Waals surface area contributed by atoms with Gasteiger partial charge in [0.05, 0.1) is 16.2 Å². The third kappa shape index (κ3) is 2.10. The normalized spacial score (nSPS) is 13.7. The minimum absolute atomic E-state index is 0.300. The Hall–Kier alpha value is -2.73. The number of fused-ring (bicyclic) bond motifs is 2. The van der Waals surface area contributed by atoms with Crippen molar-refractivity contribution in [3.05, 3.63) is 59.7 Å². The van der Waals surface area contributed by atoms with Gasteiger partial charge in [-0.25, -0.2) is 14.9 Å². The summed E-state index contributed by atoms with van der Waals surface area (Å²) >= 11 is 1.51. The lowest BCUT2D eigenvalue weighted by Gasteiger charge is -2.13. The van der Waals surface area contributed by atoms with Crippen LogP contribution in [0.2, 0.25) is 0 Å². The van der Waals surface area contributed by atoms with E-state index in [2.05, 4.69) is 9.97 Å². The lowest BCUT2D eigenvalue weighted by molar-refractivity contribution is 0.0925. The van der Waals surface area contributed by atoms with Gasteiger partial charge in [-0.05, 0) is 42.7 Å². The molecule has 0 fully saturated rings. The maximum atomic E-state index is 12.5. The summed E-state index contributed by atoms with van der Waals surface area (Å²) in [5.74, 6) is -0.397. The fraction of sp³-hybridized carbons (Fsp3) is 0.0588. The summed E-state index contributed by atoms with van der Waals surface area (Å²) in [6, 6.07) is 14.1. The van der Waals surface area contributed by atoms with E-state index in [0.29, 0.717) is 22.6 Å². The molecule has 1 aromatic carbocycles. The summed E-state index contributed by atoms with van der Waals surface area (Å²) in [6.07, 6.45) is 1.93. The first kappa shape index (κ1) is 13.9. The first-order valence-corrected chi connectivity index (χ1v) is 8.21. The fourth-order valence-electron chi connectivity index (χ4n) is 2.61. The molecule has 1 aliphatic rings. The Bertz CT molecular complexity index is 936. The highest BCUT2D eigenvalue weighted by Crippen LogP contribution is 2.28. The van der Waals surface area contributed by atoms with Crippen molar-refractivity contribution in [3.8, 4) is 0 Å². The first-order valence-electron chi connectivity index (χ1n) is 6.98. The summed E-state index contributed by atoms with van der Waals surface area (Å²) in [6.45, 7) is 0. The highest BCUT2D eigenvalue weighted by atomic mass is 32.2. The third-order valence-corrected chi connectivity index (χ3v) is 4.39. The molecular formula is C17H11N3O2S. The second-order valence-electron chi connectivity index (χ2n) is 5.06. The maximum Gasteiger partial charge on any atom is 0.267 e. The molecule has 2 aromatic heterocycles. The number of hydrogen-bond donors (Lipinski definition) is 0. The summed E-state index contributed by atoms with van der Waals surface area (Å²) in [7, 11) is 0. The van der Waals surface area contributed by atoms with Crippen LogP contribution in [0.1, 0.15) is 20.7 Å². The van der Waals surface area contributed by atoms with Gasteiger partial charge in [-0.15, -0.1) is 11.8 Å². The van der Waals surface area contributed by atoms with Crippen molar-refractivity contribution >= 4 is 40.4 Å². The molecule has 2 amide bonds. The third-order valence-electron chi connectivity index (χ3n) is 3.74. The predicted octanol–water partition coefficient (Wildman–Crippen LogP) is 3.15. The quantitative estimate of drug-likeness (QED) is 0.536. The van der Waals surface area contributed by atoms with Crippen LogP contribution in [0.15, 0.2) is 53.6 Å². The van der Waals surface area contributed by atoms with Crippen LogP contribution in [0.3, 0.4) is 0 Å². The summed E-state index contributed by atoms with van der Waals surface area (Å²) in [5, 5.41) is 1.70. The Morgan fingerprint density at radius 2 is 1.52 bits per heavy atom. The van der Waals surface area contributed by atoms with Crippen molar-refractivity contribution in [2.45, 2.75) is 5.03 Å². The van der Waals surface area contributed by atoms with Crippen molar-refractivity contribution in [2.75, 3.05) is 11.2 Å². The van der Waals surface area contributed by atoms with Crippen LogP contribution in [0.4, 0.5) is 5.82 Å². The number of anilines is 1. The van der Waals surface area contributed by atoms with Gasteiger partial charge >= 0.3 is 0 Å². The number of nitrogens with zero attached hydrogens (tertiary/aromatic N) is 3. The van der Waals surface area contributed by atoms with E-state index in [1.807, 2.05) is 24.5 Å². The minimum Gasteiger partial charge on any atom is -0.268 e. The van der Waals surface area contributed by atoms with Gasteiger partial charge < -0.3 is 0 Å². The molecule has 0 saturated carbocycles. The summed E-state index contributed by atoms with van der Waals surface area (Å²) < 4.78 is 0. The highest BCUT2D eigenvalue weighted by molar-refractivity contribution is 7.98. The standard InChI is InChI=1S/C17H11N3O2S/c1-23-14-9-7-10-6-8-13(18-15(10)19-14)20-16(21)11-4-2-3-5-12(11)17(20)22/h2-9H,1H3. The lowest BCUT2D eigenvalue weighted by atomic mass is 10.1. The van der Waals surface area contributed by atoms with Crippen LogP contribution < -0.4 is 4.90 Å². The second kappa shape index (κ2) is 5.17. The number of amides is 2. The molecule has 3 aromatic rings. The monoisotopic (exact) mass is 321 g/mol. The van der Waals surface area contributed by atoms with Crippen LogP contribution in [0.5, 0.6) is 0 Å². The zero-order chi connectivity index (χ0) is 16.0. The van der Waals surface area contributed by atoms with Gasteiger partial charge in [-0.3, -0.25) is 9.59 Å². The van der Waals surface area contributed by atoms with Gasteiger partial charge in [0.1, 0.15) is 5.82 Å². The molecule has 6 heteroatoms.